The first-order valence-corrected chi connectivity index (χ1v) is 11.8. The number of ether oxygens (including phenoxy) is 4. The summed E-state index contributed by atoms with van der Waals surface area (Å²) in [6.45, 7) is 2.92. The van der Waals surface area contributed by atoms with E-state index in [0.29, 0.717) is 16.7 Å². The van der Waals surface area contributed by atoms with Crippen LogP contribution in [-0.2, 0) is 57.9 Å². The Bertz CT molecular complexity index is 1120. The third-order valence-corrected chi connectivity index (χ3v) is 5.64. The van der Waals surface area contributed by atoms with Crippen LogP contribution in [0.15, 0.2) is 103 Å². The van der Waals surface area contributed by atoms with Crippen molar-refractivity contribution >= 4 is 23.9 Å². The summed E-state index contributed by atoms with van der Waals surface area (Å²) in [7, 11) is 1.12. The van der Waals surface area contributed by atoms with E-state index in [2.05, 4.69) is 6.58 Å². The first-order valence-electron chi connectivity index (χ1n) is 11.8. The molecule has 8 heteroatoms. The van der Waals surface area contributed by atoms with E-state index in [-0.39, 0.29) is 25.4 Å². The number of benzene rings is 3. The van der Waals surface area contributed by atoms with Crippen LogP contribution in [0.5, 0.6) is 0 Å². The number of methoxy groups -OCH3 is 1. The second kappa shape index (κ2) is 13.5. The molecule has 0 bridgehead atoms. The average Bonchev–Trinajstić information content (AvgIpc) is 2.97. The van der Waals surface area contributed by atoms with Crippen LogP contribution in [0.4, 0.5) is 0 Å². The smallest absolute Gasteiger partial charge is 0.335 e. The maximum absolute atomic E-state index is 13.6. The fourth-order valence-electron chi connectivity index (χ4n) is 3.54. The van der Waals surface area contributed by atoms with Gasteiger partial charge in [-0.1, -0.05) is 97.6 Å². The molecule has 0 radical (unpaired) electrons. The number of rotatable bonds is 12. The summed E-state index contributed by atoms with van der Waals surface area (Å²) in [5.74, 6) is -4.61. The highest BCUT2D eigenvalue weighted by molar-refractivity contribution is 6.18. The molecule has 0 heterocycles. The number of carbonyl (C=O) groups excluding carboxylic acids is 4. The molecule has 0 atom stereocenters. The molecule has 0 saturated carbocycles. The number of hydrogen-bond acceptors (Lipinski definition) is 8. The standard InChI is InChI=1S/C30H28O8/c1-22(26(31)35-2)18-30(27(32)36-19-23-12-6-3-7-13-23,28(33)37-20-24-14-8-4-9-15-24)29(34)38-21-25-16-10-5-11-17-25/h3-17H,1,18-21H2,2H3. The zero-order chi connectivity index (χ0) is 27.4. The summed E-state index contributed by atoms with van der Waals surface area (Å²) in [6, 6.07) is 26.1. The lowest BCUT2D eigenvalue weighted by atomic mass is 9.81. The molecule has 0 fully saturated rings. The second-order valence-corrected chi connectivity index (χ2v) is 8.36. The molecule has 38 heavy (non-hydrogen) atoms. The van der Waals surface area contributed by atoms with Gasteiger partial charge >= 0.3 is 23.9 Å². The molecule has 3 rings (SSSR count). The Balaban J connectivity index is 1.95. The molecule has 0 N–H and O–H groups in total. The van der Waals surface area contributed by atoms with Gasteiger partial charge in [-0.3, -0.25) is 14.4 Å². The van der Waals surface area contributed by atoms with Crippen molar-refractivity contribution in [2.24, 2.45) is 5.41 Å². The van der Waals surface area contributed by atoms with Gasteiger partial charge in [0.25, 0.3) is 5.41 Å². The minimum Gasteiger partial charge on any atom is -0.466 e. The molecular formula is C30H28O8. The lowest BCUT2D eigenvalue weighted by Crippen LogP contribution is -2.50. The zero-order valence-electron chi connectivity index (χ0n) is 21.0. The molecule has 0 aliphatic carbocycles. The largest absolute Gasteiger partial charge is 0.466 e. The fourth-order valence-corrected chi connectivity index (χ4v) is 3.54. The van der Waals surface area contributed by atoms with Gasteiger partial charge in [-0.25, -0.2) is 4.79 Å². The molecule has 3 aromatic rings. The number of carbonyl (C=O) groups is 4. The van der Waals surface area contributed by atoms with Crippen LogP contribution in [0.3, 0.4) is 0 Å². The predicted octanol–water partition coefficient (Wildman–Crippen LogP) is 4.32. The molecule has 8 nitrogen and oxygen atoms in total. The van der Waals surface area contributed by atoms with Crippen molar-refractivity contribution in [2.75, 3.05) is 7.11 Å². The minimum atomic E-state index is -2.66. The third kappa shape index (κ3) is 7.16. The van der Waals surface area contributed by atoms with Crippen molar-refractivity contribution in [1.29, 1.82) is 0 Å². The van der Waals surface area contributed by atoms with Gasteiger partial charge in [-0.05, 0) is 16.7 Å². The van der Waals surface area contributed by atoms with Crippen molar-refractivity contribution in [3.63, 3.8) is 0 Å². The Morgan fingerprint density at radius 2 is 0.921 bits per heavy atom. The van der Waals surface area contributed by atoms with E-state index in [1.54, 1.807) is 91.0 Å². The van der Waals surface area contributed by atoms with Gasteiger partial charge in [-0.2, -0.15) is 0 Å². The Hall–Kier alpha value is -4.72. The van der Waals surface area contributed by atoms with E-state index in [1.165, 1.54) is 0 Å². The van der Waals surface area contributed by atoms with Crippen LogP contribution < -0.4 is 0 Å². The highest BCUT2D eigenvalue weighted by Crippen LogP contribution is 2.33. The predicted molar refractivity (Wildman–Crippen MR) is 137 cm³/mol. The summed E-state index contributed by atoms with van der Waals surface area (Å²) in [4.78, 5) is 52.9. The Kier molecular flexibility index (Phi) is 9.93. The van der Waals surface area contributed by atoms with Crippen molar-refractivity contribution in [3.8, 4) is 0 Å². The van der Waals surface area contributed by atoms with Crippen LogP contribution >= 0.6 is 0 Å². The van der Waals surface area contributed by atoms with Crippen molar-refractivity contribution < 1.29 is 38.1 Å². The number of hydrogen-bond donors (Lipinski definition) is 0. The quantitative estimate of drug-likeness (QED) is 0.152. The van der Waals surface area contributed by atoms with Crippen LogP contribution in [0.2, 0.25) is 0 Å². The van der Waals surface area contributed by atoms with Gasteiger partial charge in [0.05, 0.1) is 7.11 Å². The molecule has 0 saturated heterocycles. The molecule has 0 aliphatic heterocycles. The maximum atomic E-state index is 13.6. The monoisotopic (exact) mass is 516 g/mol. The van der Waals surface area contributed by atoms with Gasteiger partial charge in [0.2, 0.25) is 0 Å². The average molecular weight is 517 g/mol. The summed E-state index contributed by atoms with van der Waals surface area (Å²) < 4.78 is 21.0. The van der Waals surface area contributed by atoms with E-state index in [9.17, 15) is 19.2 Å². The van der Waals surface area contributed by atoms with E-state index < -0.39 is 35.7 Å². The summed E-state index contributed by atoms with van der Waals surface area (Å²) in [5.41, 5.74) is -1.10. The fraction of sp³-hybridized carbons (Fsp3) is 0.200. The van der Waals surface area contributed by atoms with Gasteiger partial charge in [0.15, 0.2) is 0 Å². The molecule has 0 aromatic heterocycles. The van der Waals surface area contributed by atoms with Crippen molar-refractivity contribution in [1.82, 2.24) is 0 Å². The lowest BCUT2D eigenvalue weighted by Gasteiger charge is -2.28. The summed E-state index contributed by atoms with van der Waals surface area (Å²) in [5, 5.41) is 0. The third-order valence-electron chi connectivity index (χ3n) is 5.64. The molecule has 0 aliphatic rings. The molecule has 0 spiro atoms. The zero-order valence-corrected chi connectivity index (χ0v) is 21.0. The molecule has 196 valence electrons. The summed E-state index contributed by atoms with van der Waals surface area (Å²) >= 11 is 0. The van der Waals surface area contributed by atoms with Gasteiger partial charge < -0.3 is 18.9 Å². The molecule has 3 aromatic carbocycles. The lowest BCUT2D eigenvalue weighted by molar-refractivity contribution is -0.186. The molecule has 0 unspecified atom stereocenters. The second-order valence-electron chi connectivity index (χ2n) is 8.36. The van der Waals surface area contributed by atoms with Crippen LogP contribution in [0, 0.1) is 5.41 Å². The Labute approximate surface area is 220 Å². The van der Waals surface area contributed by atoms with Crippen LogP contribution in [0.1, 0.15) is 23.1 Å². The van der Waals surface area contributed by atoms with E-state index >= 15 is 0 Å². The first-order chi connectivity index (χ1) is 18.4. The SMILES string of the molecule is C=C(CC(C(=O)OCc1ccccc1)(C(=O)OCc1ccccc1)C(=O)OCc1ccccc1)C(=O)OC. The Morgan fingerprint density at radius 3 is 1.21 bits per heavy atom. The minimum absolute atomic E-state index is 0.232. The van der Waals surface area contributed by atoms with Crippen LogP contribution in [0.25, 0.3) is 0 Å². The summed E-state index contributed by atoms with van der Waals surface area (Å²) in [6.07, 6.45) is -0.755. The van der Waals surface area contributed by atoms with Crippen molar-refractivity contribution in [2.45, 2.75) is 26.2 Å². The maximum Gasteiger partial charge on any atom is 0.335 e. The van der Waals surface area contributed by atoms with Gasteiger partial charge in [0.1, 0.15) is 19.8 Å². The van der Waals surface area contributed by atoms with E-state index in [4.69, 9.17) is 18.9 Å². The number of esters is 4. The van der Waals surface area contributed by atoms with Crippen LogP contribution in [-0.4, -0.2) is 31.0 Å². The van der Waals surface area contributed by atoms with Gasteiger partial charge in [0, 0.05) is 12.0 Å². The van der Waals surface area contributed by atoms with E-state index in [0.717, 1.165) is 7.11 Å². The highest BCUT2D eigenvalue weighted by Gasteiger charge is 2.58. The Morgan fingerprint density at radius 1 is 0.605 bits per heavy atom. The van der Waals surface area contributed by atoms with Crippen molar-refractivity contribution in [3.05, 3.63) is 120 Å². The van der Waals surface area contributed by atoms with E-state index in [1.807, 2.05) is 0 Å². The molecular weight excluding hydrogens is 488 g/mol. The topological polar surface area (TPSA) is 105 Å². The normalized spacial score (nSPS) is 10.7. The molecule has 0 amide bonds. The highest BCUT2D eigenvalue weighted by atomic mass is 16.6. The first kappa shape index (κ1) is 27.9. The van der Waals surface area contributed by atoms with Gasteiger partial charge in [-0.15, -0.1) is 0 Å².